The van der Waals surface area contributed by atoms with E-state index in [0.29, 0.717) is 44.7 Å². The molecule has 0 unspecified atom stereocenters. The van der Waals surface area contributed by atoms with Crippen molar-refractivity contribution < 1.29 is 18.9 Å². The molecule has 0 bridgehead atoms. The van der Waals surface area contributed by atoms with E-state index in [-0.39, 0.29) is 0 Å². The van der Waals surface area contributed by atoms with Gasteiger partial charge in [-0.05, 0) is 6.92 Å². The first-order valence-electron chi connectivity index (χ1n) is 6.60. The Balaban J connectivity index is 2.46. The van der Waals surface area contributed by atoms with E-state index in [4.69, 9.17) is 18.9 Å². The molecule has 0 amide bonds. The molecule has 1 aromatic heterocycles. The summed E-state index contributed by atoms with van der Waals surface area (Å²) < 4.78 is 20.8. The zero-order valence-electron chi connectivity index (χ0n) is 12.3. The molecule has 0 aliphatic rings. The van der Waals surface area contributed by atoms with Crippen molar-refractivity contribution in [1.82, 2.24) is 9.97 Å². The molecule has 0 aromatic carbocycles. The van der Waals surface area contributed by atoms with E-state index in [9.17, 15) is 0 Å². The summed E-state index contributed by atoms with van der Waals surface area (Å²) in [5, 5.41) is 3.13. The topological polar surface area (TPSA) is 74.7 Å². The molecular weight excluding hydrogens is 262 g/mol. The highest BCUT2D eigenvalue weighted by molar-refractivity contribution is 5.38. The van der Waals surface area contributed by atoms with Crippen molar-refractivity contribution >= 4 is 5.82 Å². The van der Waals surface area contributed by atoms with Crippen LogP contribution in [0.3, 0.4) is 0 Å². The van der Waals surface area contributed by atoms with E-state index < -0.39 is 0 Å². The van der Waals surface area contributed by atoms with Gasteiger partial charge in [-0.3, -0.25) is 0 Å². The van der Waals surface area contributed by atoms with Crippen molar-refractivity contribution in [1.29, 1.82) is 0 Å². The Kier molecular flexibility index (Phi) is 8.61. The maximum atomic E-state index is 5.55. The summed E-state index contributed by atoms with van der Waals surface area (Å²) in [5.41, 5.74) is 0. The quantitative estimate of drug-likeness (QED) is 0.610. The van der Waals surface area contributed by atoms with Crippen molar-refractivity contribution in [2.45, 2.75) is 13.5 Å². The Morgan fingerprint density at radius 2 is 1.85 bits per heavy atom. The molecule has 0 spiro atoms. The maximum Gasteiger partial charge on any atom is 0.218 e. The first-order valence-corrected chi connectivity index (χ1v) is 6.60. The lowest BCUT2D eigenvalue weighted by molar-refractivity contribution is 0.0535. The number of hydrogen-bond acceptors (Lipinski definition) is 7. The van der Waals surface area contributed by atoms with Crippen LogP contribution in [0.15, 0.2) is 6.07 Å². The smallest absolute Gasteiger partial charge is 0.218 e. The third-order valence-corrected chi connectivity index (χ3v) is 2.29. The number of anilines is 1. The summed E-state index contributed by atoms with van der Waals surface area (Å²) in [6, 6.07) is 1.76. The van der Waals surface area contributed by atoms with E-state index in [1.54, 1.807) is 20.3 Å². The van der Waals surface area contributed by atoms with Crippen molar-refractivity contribution in [2.24, 2.45) is 0 Å². The Bertz CT molecular complexity index is 352. The molecule has 1 aromatic rings. The summed E-state index contributed by atoms with van der Waals surface area (Å²) in [6.45, 7) is 5.19. The Labute approximate surface area is 119 Å². The molecule has 0 aliphatic carbocycles. The summed E-state index contributed by atoms with van der Waals surface area (Å²) in [6.07, 6.45) is 0. The average Bonchev–Trinajstić information content (AvgIpc) is 2.43. The van der Waals surface area contributed by atoms with Gasteiger partial charge in [-0.25, -0.2) is 4.98 Å². The van der Waals surface area contributed by atoms with Crippen LogP contribution < -0.4 is 10.1 Å². The zero-order chi connectivity index (χ0) is 14.6. The number of hydrogen-bond donors (Lipinski definition) is 1. The minimum atomic E-state index is 0.347. The molecule has 1 heterocycles. The van der Waals surface area contributed by atoms with E-state index in [1.807, 2.05) is 6.92 Å². The van der Waals surface area contributed by atoms with E-state index in [0.717, 1.165) is 12.4 Å². The van der Waals surface area contributed by atoms with Gasteiger partial charge >= 0.3 is 0 Å². The van der Waals surface area contributed by atoms with Gasteiger partial charge in [0.25, 0.3) is 0 Å². The number of rotatable bonds is 11. The fourth-order valence-electron chi connectivity index (χ4n) is 1.46. The van der Waals surface area contributed by atoms with Crippen LogP contribution in [0.5, 0.6) is 5.88 Å². The van der Waals surface area contributed by atoms with Crippen LogP contribution in [0.4, 0.5) is 5.82 Å². The van der Waals surface area contributed by atoms with Crippen LogP contribution >= 0.6 is 0 Å². The first-order chi connectivity index (χ1) is 9.80. The normalized spacial score (nSPS) is 10.6. The number of methoxy groups -OCH3 is 2. The first kappa shape index (κ1) is 16.6. The van der Waals surface area contributed by atoms with Crippen molar-refractivity contribution in [3.05, 3.63) is 11.9 Å². The molecule has 0 radical (unpaired) electrons. The second kappa shape index (κ2) is 10.4. The highest BCUT2D eigenvalue weighted by atomic mass is 16.5. The van der Waals surface area contributed by atoms with Gasteiger partial charge in [0.2, 0.25) is 5.88 Å². The van der Waals surface area contributed by atoms with Crippen LogP contribution in [0.1, 0.15) is 12.7 Å². The lowest BCUT2D eigenvalue weighted by Gasteiger charge is -2.10. The Hall–Kier alpha value is -1.44. The van der Waals surface area contributed by atoms with E-state index in [2.05, 4.69) is 15.3 Å². The molecule has 114 valence electrons. The summed E-state index contributed by atoms with van der Waals surface area (Å²) in [4.78, 5) is 8.57. The maximum absolute atomic E-state index is 5.55. The second-order valence-electron chi connectivity index (χ2n) is 3.92. The van der Waals surface area contributed by atoms with Crippen LogP contribution in [-0.4, -0.2) is 57.2 Å². The lowest BCUT2D eigenvalue weighted by Crippen LogP contribution is -2.12. The molecular formula is C13H23N3O4. The van der Waals surface area contributed by atoms with Gasteiger partial charge in [0.05, 0.1) is 19.8 Å². The minimum Gasteiger partial charge on any atom is -0.475 e. The summed E-state index contributed by atoms with van der Waals surface area (Å²) in [7, 11) is 3.24. The van der Waals surface area contributed by atoms with Crippen molar-refractivity contribution in [2.75, 3.05) is 52.5 Å². The highest BCUT2D eigenvalue weighted by Gasteiger charge is 2.05. The molecule has 0 fully saturated rings. The van der Waals surface area contributed by atoms with Gasteiger partial charge in [0.1, 0.15) is 19.0 Å². The predicted molar refractivity (Wildman–Crippen MR) is 75.1 cm³/mol. The molecule has 7 nitrogen and oxygen atoms in total. The molecule has 0 aliphatic heterocycles. The van der Waals surface area contributed by atoms with Crippen LogP contribution in [0, 0.1) is 0 Å². The Morgan fingerprint density at radius 3 is 2.55 bits per heavy atom. The lowest BCUT2D eigenvalue weighted by atomic mass is 10.5. The fraction of sp³-hybridized carbons (Fsp3) is 0.692. The molecule has 20 heavy (non-hydrogen) atoms. The number of nitrogens with one attached hydrogen (secondary N) is 1. The number of ether oxygens (including phenoxy) is 4. The van der Waals surface area contributed by atoms with Gasteiger partial charge in [0.15, 0.2) is 5.82 Å². The summed E-state index contributed by atoms with van der Waals surface area (Å²) >= 11 is 0. The molecule has 1 rings (SSSR count). The van der Waals surface area contributed by atoms with E-state index >= 15 is 0 Å². The largest absolute Gasteiger partial charge is 0.475 e. The fourth-order valence-corrected chi connectivity index (χ4v) is 1.46. The second-order valence-corrected chi connectivity index (χ2v) is 3.92. The molecule has 0 atom stereocenters. The third kappa shape index (κ3) is 6.65. The Morgan fingerprint density at radius 1 is 1.05 bits per heavy atom. The van der Waals surface area contributed by atoms with Gasteiger partial charge < -0.3 is 24.3 Å². The van der Waals surface area contributed by atoms with Gasteiger partial charge in [-0.15, -0.1) is 0 Å². The van der Waals surface area contributed by atoms with Crippen LogP contribution in [0.25, 0.3) is 0 Å². The highest BCUT2D eigenvalue weighted by Crippen LogP contribution is 2.14. The van der Waals surface area contributed by atoms with Crippen molar-refractivity contribution in [3.63, 3.8) is 0 Å². The molecule has 0 saturated carbocycles. The van der Waals surface area contributed by atoms with Gasteiger partial charge in [-0.2, -0.15) is 4.98 Å². The molecule has 7 heteroatoms. The zero-order valence-corrected chi connectivity index (χ0v) is 12.3. The minimum absolute atomic E-state index is 0.347. The third-order valence-electron chi connectivity index (χ3n) is 2.29. The number of aromatic nitrogens is 2. The van der Waals surface area contributed by atoms with Gasteiger partial charge in [0, 0.05) is 26.8 Å². The summed E-state index contributed by atoms with van der Waals surface area (Å²) in [5.74, 6) is 1.82. The van der Waals surface area contributed by atoms with Gasteiger partial charge in [-0.1, -0.05) is 0 Å². The molecule has 0 saturated heterocycles. The van der Waals surface area contributed by atoms with Crippen molar-refractivity contribution in [3.8, 4) is 5.88 Å². The van der Waals surface area contributed by atoms with Crippen LogP contribution in [0.2, 0.25) is 0 Å². The SMILES string of the molecule is CCNc1cc(OCCOCCOC)nc(COC)n1. The van der Waals surface area contributed by atoms with Crippen LogP contribution in [-0.2, 0) is 20.8 Å². The predicted octanol–water partition coefficient (Wildman–Crippen LogP) is 1.10. The monoisotopic (exact) mass is 285 g/mol. The molecule has 1 N–H and O–H groups in total. The number of nitrogens with zero attached hydrogens (tertiary/aromatic N) is 2. The standard InChI is InChI=1S/C13H23N3O4/c1-4-14-11-9-13(16-12(15-11)10-18-3)20-8-7-19-6-5-17-2/h9H,4-8,10H2,1-3H3,(H,14,15,16). The van der Waals surface area contributed by atoms with E-state index in [1.165, 1.54) is 0 Å². The average molecular weight is 285 g/mol.